The Kier molecular flexibility index (Phi) is 6.87. The number of amides is 1. The number of hydrogen-bond acceptors (Lipinski definition) is 4. The molecule has 3 rings (SSSR count). The molecule has 1 amide bonds. The molecule has 1 N–H and O–H groups in total. The van der Waals surface area contributed by atoms with Crippen molar-refractivity contribution in [2.45, 2.75) is 26.9 Å². The highest BCUT2D eigenvalue weighted by molar-refractivity contribution is 5.91. The Labute approximate surface area is 166 Å². The van der Waals surface area contributed by atoms with Gasteiger partial charge in [0.15, 0.2) is 0 Å². The van der Waals surface area contributed by atoms with Crippen LogP contribution in [-0.2, 0) is 17.9 Å². The van der Waals surface area contributed by atoms with E-state index in [2.05, 4.69) is 58.3 Å². The molecule has 1 aromatic heterocycles. The van der Waals surface area contributed by atoms with E-state index in [1.165, 1.54) is 11.6 Å². The molecule has 3 aromatic rings. The first kappa shape index (κ1) is 19.7. The van der Waals surface area contributed by atoms with Crippen LogP contribution in [0, 0.1) is 0 Å². The van der Waals surface area contributed by atoms with Crippen molar-refractivity contribution in [1.82, 2.24) is 20.2 Å². The first-order chi connectivity index (χ1) is 13.7. The van der Waals surface area contributed by atoms with E-state index in [1.54, 1.807) is 12.3 Å². The lowest BCUT2D eigenvalue weighted by atomic mass is 10.1. The molecular formula is C23H26N4O. The molecule has 0 aliphatic carbocycles. The Morgan fingerprint density at radius 3 is 2.39 bits per heavy atom. The van der Waals surface area contributed by atoms with Gasteiger partial charge < -0.3 is 5.32 Å². The van der Waals surface area contributed by atoms with Gasteiger partial charge in [-0.1, -0.05) is 50.2 Å². The number of benzene rings is 2. The number of fused-ring (bicyclic) bond motifs is 1. The fraction of sp³-hybridized carbons (Fsp3) is 0.261. The number of nitrogens with one attached hydrogen (secondary N) is 1. The summed E-state index contributed by atoms with van der Waals surface area (Å²) in [4.78, 5) is 23.3. The number of nitrogens with zero attached hydrogens (tertiary/aromatic N) is 3. The van der Waals surface area contributed by atoms with Crippen molar-refractivity contribution in [3.05, 3.63) is 77.6 Å². The number of para-hydroxylation sites is 2. The van der Waals surface area contributed by atoms with Crippen molar-refractivity contribution >= 4 is 23.0 Å². The van der Waals surface area contributed by atoms with Crippen LogP contribution in [0.2, 0.25) is 0 Å². The number of hydrogen-bond donors (Lipinski definition) is 1. The summed E-state index contributed by atoms with van der Waals surface area (Å²) in [5.74, 6) is -0.151. The lowest BCUT2D eigenvalue weighted by Gasteiger charge is -2.18. The van der Waals surface area contributed by atoms with Gasteiger partial charge in [-0.2, -0.15) is 0 Å². The van der Waals surface area contributed by atoms with E-state index in [4.69, 9.17) is 0 Å². The predicted molar refractivity (Wildman–Crippen MR) is 113 cm³/mol. The monoisotopic (exact) mass is 374 g/mol. The minimum absolute atomic E-state index is 0.151. The summed E-state index contributed by atoms with van der Waals surface area (Å²) < 4.78 is 0. The molecule has 0 unspecified atom stereocenters. The van der Waals surface area contributed by atoms with Gasteiger partial charge in [-0.15, -0.1) is 0 Å². The summed E-state index contributed by atoms with van der Waals surface area (Å²) in [7, 11) is 0. The first-order valence-electron chi connectivity index (χ1n) is 9.65. The molecule has 0 aliphatic rings. The van der Waals surface area contributed by atoms with Crippen LogP contribution in [0.3, 0.4) is 0 Å². The number of carbonyl (C=O) groups excluding carboxylic acids is 1. The van der Waals surface area contributed by atoms with Gasteiger partial charge in [0, 0.05) is 19.2 Å². The Hall–Kier alpha value is -3.05. The smallest absolute Gasteiger partial charge is 0.244 e. The van der Waals surface area contributed by atoms with E-state index < -0.39 is 0 Å². The van der Waals surface area contributed by atoms with Crippen molar-refractivity contribution in [1.29, 1.82) is 0 Å². The SMILES string of the molecule is CCN(CC)Cc1ccc(CNC(=O)/C=C/c2cnc3ccccc3n2)cc1. The third kappa shape index (κ3) is 5.47. The van der Waals surface area contributed by atoms with Crippen molar-refractivity contribution in [2.24, 2.45) is 0 Å². The third-order valence-electron chi connectivity index (χ3n) is 4.66. The summed E-state index contributed by atoms with van der Waals surface area (Å²) in [6, 6.07) is 16.1. The summed E-state index contributed by atoms with van der Waals surface area (Å²) in [6.45, 7) is 7.88. The molecule has 5 nitrogen and oxygen atoms in total. The summed E-state index contributed by atoms with van der Waals surface area (Å²) >= 11 is 0. The van der Waals surface area contributed by atoms with Crippen LogP contribution in [0.1, 0.15) is 30.7 Å². The zero-order valence-electron chi connectivity index (χ0n) is 16.4. The highest BCUT2D eigenvalue weighted by atomic mass is 16.1. The Morgan fingerprint density at radius 1 is 1.00 bits per heavy atom. The maximum Gasteiger partial charge on any atom is 0.244 e. The van der Waals surface area contributed by atoms with Crippen LogP contribution in [0.5, 0.6) is 0 Å². The number of aromatic nitrogens is 2. The minimum Gasteiger partial charge on any atom is -0.348 e. The second-order valence-electron chi connectivity index (χ2n) is 6.61. The van der Waals surface area contributed by atoms with Crippen LogP contribution >= 0.6 is 0 Å². The molecule has 0 saturated heterocycles. The molecule has 0 radical (unpaired) electrons. The summed E-state index contributed by atoms with van der Waals surface area (Å²) in [6.07, 6.45) is 4.84. The Bertz CT molecular complexity index is 946. The summed E-state index contributed by atoms with van der Waals surface area (Å²) in [5, 5.41) is 2.90. The Balaban J connectivity index is 1.52. The van der Waals surface area contributed by atoms with Crippen molar-refractivity contribution in [2.75, 3.05) is 13.1 Å². The standard InChI is InChI=1S/C23H26N4O/c1-3-27(4-2)17-19-11-9-18(10-12-19)15-25-23(28)14-13-20-16-24-21-7-5-6-8-22(21)26-20/h5-14,16H,3-4,15,17H2,1-2H3,(H,25,28)/b14-13+. The van der Waals surface area contributed by atoms with E-state index in [0.717, 1.165) is 36.2 Å². The van der Waals surface area contributed by atoms with Crippen molar-refractivity contribution in [3.63, 3.8) is 0 Å². The van der Waals surface area contributed by atoms with E-state index in [0.29, 0.717) is 12.2 Å². The van der Waals surface area contributed by atoms with E-state index in [1.807, 2.05) is 24.3 Å². The maximum absolute atomic E-state index is 12.1. The van der Waals surface area contributed by atoms with Gasteiger partial charge in [0.05, 0.1) is 22.9 Å². The summed E-state index contributed by atoms with van der Waals surface area (Å²) in [5.41, 5.74) is 4.68. The van der Waals surface area contributed by atoms with Gasteiger partial charge in [-0.3, -0.25) is 14.7 Å². The highest BCUT2D eigenvalue weighted by Gasteiger charge is 2.02. The molecule has 0 bridgehead atoms. The third-order valence-corrected chi connectivity index (χ3v) is 4.66. The van der Waals surface area contributed by atoms with Crippen LogP contribution in [0.15, 0.2) is 60.8 Å². The second-order valence-corrected chi connectivity index (χ2v) is 6.61. The fourth-order valence-electron chi connectivity index (χ4n) is 2.93. The van der Waals surface area contributed by atoms with E-state index >= 15 is 0 Å². The zero-order chi connectivity index (χ0) is 19.8. The van der Waals surface area contributed by atoms with E-state index in [9.17, 15) is 4.79 Å². The van der Waals surface area contributed by atoms with Gasteiger partial charge in [0.2, 0.25) is 5.91 Å². The van der Waals surface area contributed by atoms with Crippen LogP contribution < -0.4 is 5.32 Å². The van der Waals surface area contributed by atoms with Gasteiger partial charge in [0.1, 0.15) is 0 Å². The van der Waals surface area contributed by atoms with Crippen LogP contribution in [0.4, 0.5) is 0 Å². The highest BCUT2D eigenvalue weighted by Crippen LogP contribution is 2.10. The molecule has 0 saturated carbocycles. The molecular weight excluding hydrogens is 348 g/mol. The molecule has 0 atom stereocenters. The van der Waals surface area contributed by atoms with Gasteiger partial charge in [-0.05, 0) is 42.4 Å². The molecule has 2 aromatic carbocycles. The van der Waals surface area contributed by atoms with Crippen LogP contribution in [0.25, 0.3) is 17.1 Å². The molecule has 0 spiro atoms. The normalized spacial score (nSPS) is 11.4. The average Bonchev–Trinajstić information content (AvgIpc) is 2.75. The lowest BCUT2D eigenvalue weighted by Crippen LogP contribution is -2.22. The molecule has 5 heteroatoms. The van der Waals surface area contributed by atoms with Gasteiger partial charge in [-0.25, -0.2) is 4.98 Å². The quantitative estimate of drug-likeness (QED) is 0.609. The minimum atomic E-state index is -0.151. The number of rotatable bonds is 8. The van der Waals surface area contributed by atoms with Crippen molar-refractivity contribution in [3.8, 4) is 0 Å². The van der Waals surface area contributed by atoms with Gasteiger partial charge in [0.25, 0.3) is 0 Å². The maximum atomic E-state index is 12.1. The predicted octanol–water partition coefficient (Wildman–Crippen LogP) is 3.80. The first-order valence-corrected chi connectivity index (χ1v) is 9.65. The van der Waals surface area contributed by atoms with Gasteiger partial charge >= 0.3 is 0 Å². The average molecular weight is 374 g/mol. The molecule has 1 heterocycles. The van der Waals surface area contributed by atoms with Crippen LogP contribution in [-0.4, -0.2) is 33.9 Å². The largest absolute Gasteiger partial charge is 0.348 e. The molecule has 28 heavy (non-hydrogen) atoms. The van der Waals surface area contributed by atoms with Crippen molar-refractivity contribution < 1.29 is 4.79 Å². The molecule has 144 valence electrons. The lowest BCUT2D eigenvalue weighted by molar-refractivity contribution is -0.116. The second kappa shape index (κ2) is 9.76. The fourth-order valence-corrected chi connectivity index (χ4v) is 2.93. The number of carbonyl (C=O) groups is 1. The molecule has 0 aliphatic heterocycles. The Morgan fingerprint density at radius 2 is 1.68 bits per heavy atom. The van der Waals surface area contributed by atoms with E-state index in [-0.39, 0.29) is 5.91 Å². The topological polar surface area (TPSA) is 58.1 Å². The zero-order valence-corrected chi connectivity index (χ0v) is 16.4. The molecule has 0 fully saturated rings.